The van der Waals surface area contributed by atoms with Gasteiger partial charge in [0.2, 0.25) is 5.91 Å². The van der Waals surface area contributed by atoms with Gasteiger partial charge in [-0.05, 0) is 31.0 Å². The first kappa shape index (κ1) is 17.5. The van der Waals surface area contributed by atoms with Crippen molar-refractivity contribution in [2.75, 3.05) is 18.2 Å². The molecule has 1 rings (SSSR count). The lowest BCUT2D eigenvalue weighted by Crippen LogP contribution is -2.19. The molecule has 116 valence electrons. The Kier molecular flexibility index (Phi) is 7.85. The highest BCUT2D eigenvalue weighted by Crippen LogP contribution is 2.17. The van der Waals surface area contributed by atoms with E-state index in [1.54, 1.807) is 0 Å². The van der Waals surface area contributed by atoms with Crippen molar-refractivity contribution in [2.24, 2.45) is 5.73 Å². The van der Waals surface area contributed by atoms with E-state index in [0.717, 1.165) is 11.3 Å². The Bertz CT molecular complexity index is 478. The number of nitrogens with one attached hydrogen (secondary N) is 1. The number of hydrogen-bond acceptors (Lipinski definition) is 5. The smallest absolute Gasteiger partial charge is 0.315 e. The fourth-order valence-corrected chi connectivity index (χ4v) is 2.43. The normalized spacial score (nSPS) is 11.8. The van der Waals surface area contributed by atoms with E-state index >= 15 is 0 Å². The average Bonchev–Trinajstić information content (AvgIpc) is 2.45. The Hall–Kier alpha value is -1.53. The summed E-state index contributed by atoms with van der Waals surface area (Å²) < 4.78 is 4.58. The maximum absolute atomic E-state index is 11.7. The van der Waals surface area contributed by atoms with Gasteiger partial charge in [-0.1, -0.05) is 12.1 Å². The number of methoxy groups -OCH3 is 1. The first-order valence-corrected chi connectivity index (χ1v) is 7.95. The molecule has 1 amide bonds. The van der Waals surface area contributed by atoms with Gasteiger partial charge in [0.15, 0.2) is 0 Å². The Morgan fingerprint density at radius 1 is 1.43 bits per heavy atom. The molecule has 0 fully saturated rings. The predicted octanol–water partition coefficient (Wildman–Crippen LogP) is 2.16. The van der Waals surface area contributed by atoms with Gasteiger partial charge in [0.1, 0.15) is 0 Å². The Labute approximate surface area is 129 Å². The molecule has 0 aromatic heterocycles. The summed E-state index contributed by atoms with van der Waals surface area (Å²) in [5.41, 5.74) is 7.44. The van der Waals surface area contributed by atoms with Crippen molar-refractivity contribution < 1.29 is 14.3 Å². The first-order valence-electron chi connectivity index (χ1n) is 6.80. The second-order valence-corrected chi connectivity index (χ2v) is 5.82. The fourth-order valence-electron chi connectivity index (χ4n) is 1.63. The molecule has 0 spiro atoms. The van der Waals surface area contributed by atoms with Crippen LogP contribution in [0.3, 0.4) is 0 Å². The second kappa shape index (κ2) is 9.41. The van der Waals surface area contributed by atoms with E-state index in [0.29, 0.717) is 24.3 Å². The molecule has 0 bridgehead atoms. The van der Waals surface area contributed by atoms with Crippen LogP contribution in [0.1, 0.15) is 25.3 Å². The molecule has 0 saturated heterocycles. The summed E-state index contributed by atoms with van der Waals surface area (Å²) in [4.78, 5) is 22.8. The summed E-state index contributed by atoms with van der Waals surface area (Å²) >= 11 is 1.48. The maximum atomic E-state index is 11.7. The van der Waals surface area contributed by atoms with Crippen LogP contribution in [0.4, 0.5) is 5.69 Å². The van der Waals surface area contributed by atoms with Crippen LogP contribution in [-0.2, 0) is 20.1 Å². The number of carbonyl (C=O) groups is 2. The number of anilines is 1. The van der Waals surface area contributed by atoms with Crippen LogP contribution < -0.4 is 11.1 Å². The summed E-state index contributed by atoms with van der Waals surface area (Å²) in [5, 5.41) is 2.85. The van der Waals surface area contributed by atoms with E-state index < -0.39 is 0 Å². The number of hydrogen-bond donors (Lipinski definition) is 2. The van der Waals surface area contributed by atoms with Gasteiger partial charge in [0.25, 0.3) is 0 Å². The summed E-state index contributed by atoms with van der Waals surface area (Å²) in [5.74, 6) is 0.743. The van der Waals surface area contributed by atoms with E-state index in [9.17, 15) is 9.59 Å². The first-order chi connectivity index (χ1) is 10.0. The van der Waals surface area contributed by atoms with Crippen molar-refractivity contribution in [2.45, 2.75) is 31.6 Å². The van der Waals surface area contributed by atoms with Crippen LogP contribution in [0.25, 0.3) is 0 Å². The van der Waals surface area contributed by atoms with Gasteiger partial charge >= 0.3 is 5.97 Å². The molecular weight excluding hydrogens is 288 g/mol. The maximum Gasteiger partial charge on any atom is 0.315 e. The minimum absolute atomic E-state index is 0.0248. The van der Waals surface area contributed by atoms with Crippen molar-refractivity contribution in [1.82, 2.24) is 0 Å². The second-order valence-electron chi connectivity index (χ2n) is 4.83. The van der Waals surface area contributed by atoms with Crippen LogP contribution in [0.15, 0.2) is 24.3 Å². The van der Waals surface area contributed by atoms with Crippen molar-refractivity contribution in [1.29, 1.82) is 0 Å². The predicted molar refractivity (Wildman–Crippen MR) is 86.1 cm³/mol. The third-order valence-corrected chi connectivity index (χ3v) is 3.73. The third kappa shape index (κ3) is 7.72. The molecule has 0 heterocycles. The number of nitrogens with two attached hydrogens (primary N) is 1. The van der Waals surface area contributed by atoms with Gasteiger partial charge < -0.3 is 15.8 Å². The summed E-state index contributed by atoms with van der Waals surface area (Å²) in [6.45, 7) is 1.88. The van der Waals surface area contributed by atoms with Gasteiger partial charge in [-0.2, -0.15) is 0 Å². The third-order valence-electron chi connectivity index (χ3n) is 2.75. The Morgan fingerprint density at radius 3 is 2.86 bits per heavy atom. The van der Waals surface area contributed by atoms with Gasteiger partial charge in [-0.3, -0.25) is 9.59 Å². The molecule has 0 aliphatic carbocycles. The zero-order valence-corrected chi connectivity index (χ0v) is 13.2. The highest BCUT2D eigenvalue weighted by molar-refractivity contribution is 7.99. The van der Waals surface area contributed by atoms with Gasteiger partial charge in [-0.15, -0.1) is 11.8 Å². The zero-order chi connectivity index (χ0) is 15.7. The molecule has 0 radical (unpaired) electrons. The van der Waals surface area contributed by atoms with E-state index in [2.05, 4.69) is 10.1 Å². The minimum Gasteiger partial charge on any atom is -0.468 e. The van der Waals surface area contributed by atoms with Crippen molar-refractivity contribution >= 4 is 29.3 Å². The topological polar surface area (TPSA) is 81.4 Å². The average molecular weight is 310 g/mol. The number of rotatable bonds is 8. The van der Waals surface area contributed by atoms with E-state index in [1.807, 2.05) is 31.2 Å². The quantitative estimate of drug-likeness (QED) is 0.719. The molecule has 1 aromatic rings. The molecule has 0 saturated carbocycles. The number of thioether (sulfide) groups is 1. The van der Waals surface area contributed by atoms with Crippen molar-refractivity contribution in [3.05, 3.63) is 29.8 Å². The SMILES string of the molecule is COC(=O)CSCc1cccc(NC(=O)CCC(C)N)c1. The highest BCUT2D eigenvalue weighted by atomic mass is 32.2. The molecule has 1 atom stereocenters. The molecule has 3 N–H and O–H groups in total. The molecular formula is C15H22N2O3S. The van der Waals surface area contributed by atoms with Crippen LogP contribution >= 0.6 is 11.8 Å². The van der Waals surface area contributed by atoms with Gasteiger partial charge in [0, 0.05) is 23.9 Å². The molecule has 0 aliphatic heterocycles. The number of benzene rings is 1. The fraction of sp³-hybridized carbons (Fsp3) is 0.467. The largest absolute Gasteiger partial charge is 0.468 e. The highest BCUT2D eigenvalue weighted by Gasteiger charge is 2.05. The summed E-state index contributed by atoms with van der Waals surface area (Å²) in [6, 6.07) is 7.63. The lowest BCUT2D eigenvalue weighted by molar-refractivity contribution is -0.137. The van der Waals surface area contributed by atoms with E-state index in [1.165, 1.54) is 18.9 Å². The molecule has 21 heavy (non-hydrogen) atoms. The van der Waals surface area contributed by atoms with Crippen LogP contribution in [0.5, 0.6) is 0 Å². The Balaban J connectivity index is 2.44. The monoisotopic (exact) mass is 310 g/mol. The molecule has 5 nitrogen and oxygen atoms in total. The van der Waals surface area contributed by atoms with Gasteiger partial charge in [-0.25, -0.2) is 0 Å². The number of ether oxygens (including phenoxy) is 1. The van der Waals surface area contributed by atoms with Crippen molar-refractivity contribution in [3.63, 3.8) is 0 Å². The van der Waals surface area contributed by atoms with Crippen molar-refractivity contribution in [3.8, 4) is 0 Å². The number of esters is 1. The molecule has 0 aliphatic rings. The standard InChI is InChI=1S/C15H22N2O3S/c1-11(16)6-7-14(18)17-13-5-3-4-12(8-13)9-21-10-15(19)20-2/h3-5,8,11H,6-7,9-10,16H2,1-2H3,(H,17,18). The van der Waals surface area contributed by atoms with Crippen LogP contribution in [-0.4, -0.2) is 30.8 Å². The molecule has 1 aromatic carbocycles. The van der Waals surface area contributed by atoms with E-state index in [-0.39, 0.29) is 17.9 Å². The number of amides is 1. The van der Waals surface area contributed by atoms with E-state index in [4.69, 9.17) is 5.73 Å². The minimum atomic E-state index is -0.236. The van der Waals surface area contributed by atoms with Crippen LogP contribution in [0, 0.1) is 0 Å². The number of carbonyl (C=O) groups excluding carboxylic acids is 2. The lowest BCUT2D eigenvalue weighted by Gasteiger charge is -2.08. The summed E-state index contributed by atoms with van der Waals surface area (Å²) in [7, 11) is 1.38. The zero-order valence-electron chi connectivity index (χ0n) is 12.4. The van der Waals surface area contributed by atoms with Gasteiger partial charge in [0.05, 0.1) is 12.9 Å². The summed E-state index contributed by atoms with van der Waals surface area (Å²) in [6.07, 6.45) is 1.08. The lowest BCUT2D eigenvalue weighted by atomic mass is 10.2. The molecule has 1 unspecified atom stereocenters. The molecule has 6 heteroatoms. The van der Waals surface area contributed by atoms with Crippen LogP contribution in [0.2, 0.25) is 0 Å². The Morgan fingerprint density at radius 2 is 2.19 bits per heavy atom.